The maximum absolute atomic E-state index is 13.8. The fourth-order valence-corrected chi connectivity index (χ4v) is 5.03. The first-order valence-corrected chi connectivity index (χ1v) is 14.0. The fourth-order valence-electron chi connectivity index (χ4n) is 4.67. The van der Waals surface area contributed by atoms with Gasteiger partial charge >= 0.3 is 0 Å². The van der Waals surface area contributed by atoms with Crippen molar-refractivity contribution in [2.75, 3.05) is 39.3 Å². The maximum Gasteiger partial charge on any atom is 0.254 e. The number of benzene rings is 3. The minimum absolute atomic E-state index is 0.0547. The Bertz CT molecular complexity index is 1410. The second-order valence-electron chi connectivity index (χ2n) is 9.50. The Morgan fingerprint density at radius 1 is 0.974 bits per heavy atom. The van der Waals surface area contributed by atoms with Gasteiger partial charge in [0, 0.05) is 48.1 Å². The standard InChI is InChI=1S/C32H32BrN3O2/c1-2-21-38-27-13-10-25(11-14-27)31-23-29(28-22-26(33)12-15-30(28)34-31)32(37)36-19-17-35(18-20-36)16-6-9-24-7-4-3-5-8-24/h3-15,22-23H,2,16-21H2,1H3. The molecule has 1 aliphatic heterocycles. The lowest BCUT2D eigenvalue weighted by Gasteiger charge is -2.34. The molecule has 0 aliphatic carbocycles. The molecule has 0 spiro atoms. The quantitative estimate of drug-likeness (QED) is 0.231. The highest BCUT2D eigenvalue weighted by atomic mass is 79.9. The van der Waals surface area contributed by atoms with Gasteiger partial charge in [0.05, 0.1) is 23.4 Å². The Morgan fingerprint density at radius 2 is 1.74 bits per heavy atom. The van der Waals surface area contributed by atoms with Gasteiger partial charge in [-0.2, -0.15) is 0 Å². The second kappa shape index (κ2) is 12.4. The number of piperazine rings is 1. The van der Waals surface area contributed by atoms with Crippen LogP contribution in [0.1, 0.15) is 29.3 Å². The third-order valence-corrected chi connectivity index (χ3v) is 7.25. The van der Waals surface area contributed by atoms with Crippen LogP contribution in [0.25, 0.3) is 28.2 Å². The fraction of sp³-hybridized carbons (Fsp3) is 0.250. The van der Waals surface area contributed by atoms with E-state index >= 15 is 0 Å². The van der Waals surface area contributed by atoms with Crippen LogP contribution in [0, 0.1) is 0 Å². The predicted octanol–water partition coefficient (Wildman–Crippen LogP) is 6.92. The summed E-state index contributed by atoms with van der Waals surface area (Å²) in [6.07, 6.45) is 5.32. The third kappa shape index (κ3) is 6.32. The van der Waals surface area contributed by atoms with E-state index in [9.17, 15) is 4.79 Å². The first kappa shape index (κ1) is 26.1. The molecule has 0 unspecified atom stereocenters. The Morgan fingerprint density at radius 3 is 2.47 bits per heavy atom. The van der Waals surface area contributed by atoms with Crippen LogP contribution in [-0.2, 0) is 0 Å². The Labute approximate surface area is 232 Å². The summed E-state index contributed by atoms with van der Waals surface area (Å²) in [5.74, 6) is 0.896. The predicted molar refractivity (Wildman–Crippen MR) is 158 cm³/mol. The number of rotatable bonds is 8. The number of aromatic nitrogens is 1. The van der Waals surface area contributed by atoms with Gasteiger partial charge < -0.3 is 9.64 Å². The number of ether oxygens (including phenoxy) is 1. The van der Waals surface area contributed by atoms with Crippen LogP contribution in [-0.4, -0.2) is 60.0 Å². The Kier molecular flexibility index (Phi) is 8.51. The topological polar surface area (TPSA) is 45.7 Å². The summed E-state index contributed by atoms with van der Waals surface area (Å²) < 4.78 is 6.66. The van der Waals surface area contributed by atoms with E-state index in [1.54, 1.807) is 0 Å². The molecule has 194 valence electrons. The first-order chi connectivity index (χ1) is 18.6. The van der Waals surface area contributed by atoms with E-state index < -0.39 is 0 Å². The highest BCUT2D eigenvalue weighted by molar-refractivity contribution is 9.10. The van der Waals surface area contributed by atoms with Crippen molar-refractivity contribution in [3.05, 3.63) is 101 Å². The normalized spacial score (nSPS) is 14.3. The highest BCUT2D eigenvalue weighted by Gasteiger charge is 2.24. The molecule has 1 amide bonds. The lowest BCUT2D eigenvalue weighted by molar-refractivity contribution is 0.0652. The number of amides is 1. The molecule has 38 heavy (non-hydrogen) atoms. The summed E-state index contributed by atoms with van der Waals surface area (Å²) in [4.78, 5) is 23.1. The second-order valence-corrected chi connectivity index (χ2v) is 10.4. The molecule has 0 N–H and O–H groups in total. The summed E-state index contributed by atoms with van der Waals surface area (Å²) in [5.41, 5.74) is 4.45. The summed E-state index contributed by atoms with van der Waals surface area (Å²) in [5, 5.41) is 0.865. The van der Waals surface area contributed by atoms with Crippen molar-refractivity contribution in [1.82, 2.24) is 14.8 Å². The number of carbonyl (C=O) groups is 1. The maximum atomic E-state index is 13.8. The highest BCUT2D eigenvalue weighted by Crippen LogP contribution is 2.29. The molecule has 6 heteroatoms. The van der Waals surface area contributed by atoms with E-state index in [0.29, 0.717) is 25.3 Å². The van der Waals surface area contributed by atoms with Gasteiger partial charge in [0.1, 0.15) is 5.75 Å². The van der Waals surface area contributed by atoms with E-state index in [0.717, 1.165) is 58.4 Å². The molecule has 0 radical (unpaired) electrons. The van der Waals surface area contributed by atoms with Crippen molar-refractivity contribution in [2.24, 2.45) is 0 Å². The van der Waals surface area contributed by atoms with Crippen LogP contribution in [0.3, 0.4) is 0 Å². The molecule has 0 atom stereocenters. The number of hydrogen-bond donors (Lipinski definition) is 0. The number of hydrogen-bond acceptors (Lipinski definition) is 4. The Hall–Kier alpha value is -3.48. The van der Waals surface area contributed by atoms with Crippen molar-refractivity contribution >= 4 is 38.8 Å². The first-order valence-electron chi connectivity index (χ1n) is 13.2. The van der Waals surface area contributed by atoms with Crippen molar-refractivity contribution < 1.29 is 9.53 Å². The lowest BCUT2D eigenvalue weighted by Crippen LogP contribution is -2.48. The molecule has 1 saturated heterocycles. The molecule has 3 aromatic carbocycles. The molecule has 0 saturated carbocycles. The van der Waals surface area contributed by atoms with Gasteiger partial charge in [0.15, 0.2) is 0 Å². The SMILES string of the molecule is CCCOc1ccc(-c2cc(C(=O)N3CCN(CC=Cc4ccccc4)CC3)c3cc(Br)ccc3n2)cc1. The number of pyridine rings is 1. The summed E-state index contributed by atoms with van der Waals surface area (Å²) in [6.45, 7) is 6.77. The van der Waals surface area contributed by atoms with Crippen LogP contribution in [0.4, 0.5) is 0 Å². The molecule has 5 rings (SSSR count). The summed E-state index contributed by atoms with van der Waals surface area (Å²) in [6, 6.07) is 26.1. The largest absolute Gasteiger partial charge is 0.494 e. The monoisotopic (exact) mass is 569 g/mol. The molecule has 0 bridgehead atoms. The van der Waals surface area contributed by atoms with Crippen LogP contribution in [0.15, 0.2) is 89.4 Å². The minimum atomic E-state index is 0.0547. The van der Waals surface area contributed by atoms with E-state index in [1.807, 2.05) is 71.6 Å². The van der Waals surface area contributed by atoms with E-state index in [2.05, 4.69) is 52.0 Å². The van der Waals surface area contributed by atoms with Crippen LogP contribution in [0.2, 0.25) is 0 Å². The van der Waals surface area contributed by atoms with E-state index in [1.165, 1.54) is 5.56 Å². The molecule has 1 fully saturated rings. The number of nitrogens with zero attached hydrogens (tertiary/aromatic N) is 3. The van der Waals surface area contributed by atoms with E-state index in [-0.39, 0.29) is 5.91 Å². The zero-order chi connectivity index (χ0) is 26.3. The van der Waals surface area contributed by atoms with Crippen molar-refractivity contribution in [2.45, 2.75) is 13.3 Å². The number of carbonyl (C=O) groups excluding carboxylic acids is 1. The van der Waals surface area contributed by atoms with Gasteiger partial charge in [-0.05, 0) is 60.5 Å². The van der Waals surface area contributed by atoms with Gasteiger partial charge in [-0.3, -0.25) is 9.69 Å². The number of fused-ring (bicyclic) bond motifs is 1. The summed E-state index contributed by atoms with van der Waals surface area (Å²) >= 11 is 3.57. The van der Waals surface area contributed by atoms with Crippen LogP contribution < -0.4 is 4.74 Å². The minimum Gasteiger partial charge on any atom is -0.494 e. The smallest absolute Gasteiger partial charge is 0.254 e. The van der Waals surface area contributed by atoms with E-state index in [4.69, 9.17) is 9.72 Å². The molecule has 5 nitrogen and oxygen atoms in total. The van der Waals surface area contributed by atoms with Gasteiger partial charge in [-0.25, -0.2) is 4.98 Å². The molecular formula is C32H32BrN3O2. The van der Waals surface area contributed by atoms with Gasteiger partial charge in [-0.15, -0.1) is 0 Å². The van der Waals surface area contributed by atoms with Crippen molar-refractivity contribution in [1.29, 1.82) is 0 Å². The molecular weight excluding hydrogens is 538 g/mol. The molecule has 2 heterocycles. The van der Waals surface area contributed by atoms with Gasteiger partial charge in [-0.1, -0.05) is 65.3 Å². The molecule has 4 aromatic rings. The lowest BCUT2D eigenvalue weighted by atomic mass is 10.0. The zero-order valence-corrected chi connectivity index (χ0v) is 23.2. The van der Waals surface area contributed by atoms with Crippen molar-refractivity contribution in [3.63, 3.8) is 0 Å². The zero-order valence-electron chi connectivity index (χ0n) is 21.6. The molecule has 1 aliphatic rings. The molecule has 1 aromatic heterocycles. The number of halogens is 1. The van der Waals surface area contributed by atoms with Crippen molar-refractivity contribution in [3.8, 4) is 17.0 Å². The average molecular weight is 571 g/mol. The summed E-state index contributed by atoms with van der Waals surface area (Å²) in [7, 11) is 0. The van der Waals surface area contributed by atoms with Crippen LogP contribution >= 0.6 is 15.9 Å². The van der Waals surface area contributed by atoms with Gasteiger partial charge in [0.2, 0.25) is 0 Å². The van der Waals surface area contributed by atoms with Crippen LogP contribution in [0.5, 0.6) is 5.75 Å². The average Bonchev–Trinajstić information content (AvgIpc) is 2.96. The van der Waals surface area contributed by atoms with Gasteiger partial charge in [0.25, 0.3) is 5.91 Å². The third-order valence-electron chi connectivity index (χ3n) is 6.76. The Balaban J connectivity index is 1.33.